The van der Waals surface area contributed by atoms with Crippen LogP contribution in [-0.4, -0.2) is 6.04 Å². The number of hydrogen-bond donors (Lipinski definition) is 1. The summed E-state index contributed by atoms with van der Waals surface area (Å²) in [7, 11) is 0. The summed E-state index contributed by atoms with van der Waals surface area (Å²) in [6, 6.07) is 20.5. The van der Waals surface area contributed by atoms with Crippen molar-refractivity contribution in [2.24, 2.45) is 0 Å². The zero-order chi connectivity index (χ0) is 13.9. The van der Waals surface area contributed by atoms with E-state index in [4.69, 9.17) is 0 Å². The van der Waals surface area contributed by atoms with E-state index in [0.717, 1.165) is 0 Å². The largest absolute Gasteiger partial charge is 0.307 e. The SMILES string of the molecule is C[C@@H](NC1CC(c2cccc(Br)c2)C1)c1ccccc1. The molecule has 1 atom stereocenters. The van der Waals surface area contributed by atoms with E-state index < -0.39 is 0 Å². The molecule has 0 aromatic heterocycles. The highest BCUT2D eigenvalue weighted by Gasteiger charge is 2.31. The van der Waals surface area contributed by atoms with Crippen molar-refractivity contribution in [3.8, 4) is 0 Å². The molecule has 0 bridgehead atoms. The maximum atomic E-state index is 3.74. The highest BCUT2D eigenvalue weighted by Crippen LogP contribution is 2.38. The summed E-state index contributed by atoms with van der Waals surface area (Å²) in [5.41, 5.74) is 2.84. The van der Waals surface area contributed by atoms with Gasteiger partial charge in [-0.25, -0.2) is 0 Å². The molecule has 0 saturated heterocycles. The molecule has 0 aliphatic heterocycles. The Labute approximate surface area is 129 Å². The highest BCUT2D eigenvalue weighted by atomic mass is 79.9. The van der Waals surface area contributed by atoms with Gasteiger partial charge in [-0.05, 0) is 48.9 Å². The standard InChI is InChI=1S/C18H20BrN/c1-13(14-6-3-2-4-7-14)20-18-11-16(12-18)15-8-5-9-17(19)10-15/h2-10,13,16,18,20H,11-12H2,1H3/t13-,16?,18?/m1/s1. The zero-order valence-corrected chi connectivity index (χ0v) is 13.3. The van der Waals surface area contributed by atoms with Crippen LogP contribution in [0.5, 0.6) is 0 Å². The van der Waals surface area contributed by atoms with Gasteiger partial charge < -0.3 is 5.32 Å². The normalized spacial score (nSPS) is 23.1. The van der Waals surface area contributed by atoms with Gasteiger partial charge in [0.2, 0.25) is 0 Å². The predicted molar refractivity (Wildman–Crippen MR) is 87.9 cm³/mol. The van der Waals surface area contributed by atoms with Crippen molar-refractivity contribution >= 4 is 15.9 Å². The molecule has 2 heteroatoms. The molecule has 0 spiro atoms. The Hall–Kier alpha value is -1.12. The van der Waals surface area contributed by atoms with Crippen LogP contribution >= 0.6 is 15.9 Å². The molecule has 1 N–H and O–H groups in total. The molecule has 2 aromatic carbocycles. The predicted octanol–water partition coefficient (Wildman–Crippen LogP) is 5.05. The van der Waals surface area contributed by atoms with E-state index in [9.17, 15) is 0 Å². The van der Waals surface area contributed by atoms with Crippen molar-refractivity contribution in [1.29, 1.82) is 0 Å². The lowest BCUT2D eigenvalue weighted by atomic mass is 9.75. The van der Waals surface area contributed by atoms with E-state index in [1.165, 1.54) is 28.4 Å². The fourth-order valence-electron chi connectivity index (χ4n) is 2.98. The molecule has 1 fully saturated rings. The monoisotopic (exact) mass is 329 g/mol. The van der Waals surface area contributed by atoms with Crippen molar-refractivity contribution in [3.05, 3.63) is 70.2 Å². The van der Waals surface area contributed by atoms with Crippen LogP contribution in [0.1, 0.15) is 42.9 Å². The molecule has 1 saturated carbocycles. The number of rotatable bonds is 4. The van der Waals surface area contributed by atoms with E-state index >= 15 is 0 Å². The maximum absolute atomic E-state index is 3.74. The Balaban J connectivity index is 1.54. The van der Waals surface area contributed by atoms with Crippen LogP contribution in [-0.2, 0) is 0 Å². The molecule has 1 aliphatic carbocycles. The minimum Gasteiger partial charge on any atom is -0.307 e. The minimum atomic E-state index is 0.435. The summed E-state index contributed by atoms with van der Waals surface area (Å²) < 4.78 is 1.18. The fraction of sp³-hybridized carbons (Fsp3) is 0.333. The second-order valence-corrected chi connectivity index (χ2v) is 6.63. The second-order valence-electron chi connectivity index (χ2n) is 5.72. The number of halogens is 1. The lowest BCUT2D eigenvalue weighted by molar-refractivity contribution is 0.271. The lowest BCUT2D eigenvalue weighted by Gasteiger charge is -2.38. The average Bonchev–Trinajstić information content (AvgIpc) is 2.43. The molecule has 2 aromatic rings. The summed E-state index contributed by atoms with van der Waals surface area (Å²) in [5, 5.41) is 3.74. The third kappa shape index (κ3) is 3.13. The van der Waals surface area contributed by atoms with Crippen molar-refractivity contribution in [1.82, 2.24) is 5.32 Å². The van der Waals surface area contributed by atoms with Crippen LogP contribution in [0.3, 0.4) is 0 Å². The second kappa shape index (κ2) is 6.11. The fourth-order valence-corrected chi connectivity index (χ4v) is 3.40. The Morgan fingerprint density at radius 1 is 1.05 bits per heavy atom. The molecule has 1 aliphatic rings. The molecule has 0 radical (unpaired) electrons. The first kappa shape index (κ1) is 13.8. The highest BCUT2D eigenvalue weighted by molar-refractivity contribution is 9.10. The summed E-state index contributed by atoms with van der Waals surface area (Å²) >= 11 is 3.55. The first-order valence-corrected chi connectivity index (χ1v) is 8.08. The zero-order valence-electron chi connectivity index (χ0n) is 11.7. The van der Waals surface area contributed by atoms with Gasteiger partial charge in [-0.3, -0.25) is 0 Å². The van der Waals surface area contributed by atoms with Crippen LogP contribution in [0.2, 0.25) is 0 Å². The van der Waals surface area contributed by atoms with Gasteiger partial charge in [-0.1, -0.05) is 58.4 Å². The van der Waals surface area contributed by atoms with Gasteiger partial charge >= 0.3 is 0 Å². The first-order chi connectivity index (χ1) is 9.72. The van der Waals surface area contributed by atoms with Gasteiger partial charge in [0.25, 0.3) is 0 Å². The van der Waals surface area contributed by atoms with E-state index in [2.05, 4.69) is 82.8 Å². The van der Waals surface area contributed by atoms with E-state index in [1.54, 1.807) is 0 Å². The molecule has 0 heterocycles. The Bertz CT molecular complexity index is 561. The molecule has 104 valence electrons. The number of nitrogens with one attached hydrogen (secondary N) is 1. The van der Waals surface area contributed by atoms with E-state index in [-0.39, 0.29) is 0 Å². The summed E-state index contributed by atoms with van der Waals surface area (Å²) in [6.07, 6.45) is 2.49. The smallest absolute Gasteiger partial charge is 0.0294 e. The van der Waals surface area contributed by atoms with Crippen molar-refractivity contribution in [2.75, 3.05) is 0 Å². The molecule has 0 amide bonds. The van der Waals surface area contributed by atoms with Crippen molar-refractivity contribution in [3.63, 3.8) is 0 Å². The number of benzene rings is 2. The van der Waals surface area contributed by atoms with Gasteiger partial charge in [-0.15, -0.1) is 0 Å². The van der Waals surface area contributed by atoms with Crippen LogP contribution in [0.15, 0.2) is 59.1 Å². The summed E-state index contributed by atoms with van der Waals surface area (Å²) in [4.78, 5) is 0. The molecule has 3 rings (SSSR count). The van der Waals surface area contributed by atoms with Gasteiger partial charge in [-0.2, -0.15) is 0 Å². The van der Waals surface area contributed by atoms with Crippen molar-refractivity contribution < 1.29 is 0 Å². The molecular formula is C18H20BrN. The van der Waals surface area contributed by atoms with Gasteiger partial charge in [0, 0.05) is 16.6 Å². The van der Waals surface area contributed by atoms with Gasteiger partial charge in [0.05, 0.1) is 0 Å². The van der Waals surface area contributed by atoms with E-state index in [1.807, 2.05) is 0 Å². The topological polar surface area (TPSA) is 12.0 Å². The molecule has 0 unspecified atom stereocenters. The Morgan fingerprint density at radius 2 is 1.80 bits per heavy atom. The summed E-state index contributed by atoms with van der Waals surface area (Å²) in [5.74, 6) is 0.716. The van der Waals surface area contributed by atoms with Crippen molar-refractivity contribution in [2.45, 2.75) is 37.8 Å². The van der Waals surface area contributed by atoms with Crippen LogP contribution in [0, 0.1) is 0 Å². The first-order valence-electron chi connectivity index (χ1n) is 7.29. The lowest BCUT2D eigenvalue weighted by Crippen LogP contribution is -2.41. The van der Waals surface area contributed by atoms with Gasteiger partial charge in [0.15, 0.2) is 0 Å². The third-order valence-electron chi connectivity index (χ3n) is 4.24. The quantitative estimate of drug-likeness (QED) is 0.827. The van der Waals surface area contributed by atoms with Crippen LogP contribution < -0.4 is 5.32 Å². The molecule has 20 heavy (non-hydrogen) atoms. The molecule has 1 nitrogen and oxygen atoms in total. The van der Waals surface area contributed by atoms with Crippen LogP contribution in [0.4, 0.5) is 0 Å². The average molecular weight is 330 g/mol. The Kier molecular flexibility index (Phi) is 4.23. The summed E-state index contributed by atoms with van der Waals surface area (Å²) in [6.45, 7) is 2.25. The third-order valence-corrected chi connectivity index (χ3v) is 4.74. The maximum Gasteiger partial charge on any atom is 0.0294 e. The molecular weight excluding hydrogens is 310 g/mol. The minimum absolute atomic E-state index is 0.435. The van der Waals surface area contributed by atoms with Gasteiger partial charge in [0.1, 0.15) is 0 Å². The number of hydrogen-bond acceptors (Lipinski definition) is 1. The van der Waals surface area contributed by atoms with Crippen LogP contribution in [0.25, 0.3) is 0 Å². The van der Waals surface area contributed by atoms with E-state index in [0.29, 0.717) is 18.0 Å². The Morgan fingerprint density at radius 3 is 2.50 bits per heavy atom.